The Morgan fingerprint density at radius 2 is 2.00 bits per heavy atom. The van der Waals surface area contributed by atoms with Gasteiger partial charge in [-0.05, 0) is 31.5 Å². The number of aliphatic hydroxyl groups is 1. The highest BCUT2D eigenvalue weighted by Crippen LogP contribution is 2.26. The van der Waals surface area contributed by atoms with E-state index in [9.17, 15) is 9.90 Å². The molecular formula is C13H18N2O2. The number of carbonyl (C=O) groups excluding carboxylic acids is 1. The number of carbonyl (C=O) groups is 1. The van der Waals surface area contributed by atoms with Crippen molar-refractivity contribution in [2.24, 2.45) is 0 Å². The maximum Gasteiger partial charge on any atom is 0.324 e. The summed E-state index contributed by atoms with van der Waals surface area (Å²) < 4.78 is 0. The molecule has 0 bridgehead atoms. The summed E-state index contributed by atoms with van der Waals surface area (Å²) in [6, 6.07) is 7.52. The smallest absolute Gasteiger partial charge is 0.324 e. The maximum absolute atomic E-state index is 11.9. The minimum Gasteiger partial charge on any atom is -0.386 e. The van der Waals surface area contributed by atoms with Crippen LogP contribution in [0.4, 0.5) is 10.5 Å². The van der Waals surface area contributed by atoms with Gasteiger partial charge in [-0.3, -0.25) is 4.90 Å². The molecule has 92 valence electrons. The van der Waals surface area contributed by atoms with E-state index in [-0.39, 0.29) is 6.03 Å². The van der Waals surface area contributed by atoms with Crippen LogP contribution in [0.3, 0.4) is 0 Å². The van der Waals surface area contributed by atoms with Gasteiger partial charge in [0, 0.05) is 25.8 Å². The summed E-state index contributed by atoms with van der Waals surface area (Å²) in [6.45, 7) is 4.92. The molecule has 4 heteroatoms. The molecule has 2 amide bonds. The number of hydrogen-bond acceptors (Lipinski definition) is 2. The van der Waals surface area contributed by atoms with Crippen LogP contribution in [-0.2, 0) is 5.60 Å². The largest absolute Gasteiger partial charge is 0.386 e. The monoisotopic (exact) mass is 234 g/mol. The fourth-order valence-electron chi connectivity index (χ4n) is 1.94. The molecular weight excluding hydrogens is 216 g/mol. The molecule has 0 atom stereocenters. The van der Waals surface area contributed by atoms with Crippen LogP contribution in [-0.4, -0.2) is 36.2 Å². The third kappa shape index (κ3) is 2.26. The molecule has 0 unspecified atom stereocenters. The lowest BCUT2D eigenvalue weighted by Crippen LogP contribution is -2.29. The normalized spacial score (nSPS) is 16.8. The molecule has 0 spiro atoms. The Kier molecular flexibility index (Phi) is 2.83. The van der Waals surface area contributed by atoms with Gasteiger partial charge in [0.1, 0.15) is 0 Å². The second-order valence-electron chi connectivity index (χ2n) is 4.97. The first kappa shape index (κ1) is 11.9. The van der Waals surface area contributed by atoms with E-state index in [1.165, 1.54) is 0 Å². The van der Waals surface area contributed by atoms with Gasteiger partial charge in [-0.25, -0.2) is 4.79 Å². The topological polar surface area (TPSA) is 43.8 Å². The molecule has 4 nitrogen and oxygen atoms in total. The summed E-state index contributed by atoms with van der Waals surface area (Å²) in [5.41, 5.74) is 0.779. The van der Waals surface area contributed by atoms with Crippen LogP contribution >= 0.6 is 0 Å². The van der Waals surface area contributed by atoms with E-state index in [2.05, 4.69) is 0 Å². The van der Waals surface area contributed by atoms with Gasteiger partial charge in [0.15, 0.2) is 0 Å². The number of benzene rings is 1. The fraction of sp³-hybridized carbons (Fsp3) is 0.462. The quantitative estimate of drug-likeness (QED) is 0.847. The lowest BCUT2D eigenvalue weighted by Gasteiger charge is -2.21. The average molecular weight is 234 g/mol. The van der Waals surface area contributed by atoms with Crippen molar-refractivity contribution in [2.75, 3.05) is 25.0 Å². The van der Waals surface area contributed by atoms with Crippen molar-refractivity contribution in [3.05, 3.63) is 29.8 Å². The first-order chi connectivity index (χ1) is 7.89. The van der Waals surface area contributed by atoms with Crippen LogP contribution in [0.5, 0.6) is 0 Å². The van der Waals surface area contributed by atoms with Crippen molar-refractivity contribution >= 4 is 11.7 Å². The van der Waals surface area contributed by atoms with E-state index in [0.29, 0.717) is 6.54 Å². The number of anilines is 1. The molecule has 1 heterocycles. The van der Waals surface area contributed by atoms with E-state index in [1.807, 2.05) is 24.3 Å². The van der Waals surface area contributed by atoms with Gasteiger partial charge in [-0.2, -0.15) is 0 Å². The van der Waals surface area contributed by atoms with Crippen LogP contribution in [0.25, 0.3) is 0 Å². The predicted molar refractivity (Wildman–Crippen MR) is 67.1 cm³/mol. The van der Waals surface area contributed by atoms with Gasteiger partial charge >= 0.3 is 6.03 Å². The van der Waals surface area contributed by atoms with Crippen molar-refractivity contribution in [3.63, 3.8) is 0 Å². The summed E-state index contributed by atoms with van der Waals surface area (Å²) in [7, 11) is 1.79. The Labute approximate surface area is 101 Å². The zero-order valence-electron chi connectivity index (χ0n) is 10.5. The fourth-order valence-corrected chi connectivity index (χ4v) is 1.94. The molecule has 0 aromatic heterocycles. The Morgan fingerprint density at radius 3 is 2.53 bits per heavy atom. The van der Waals surface area contributed by atoms with Crippen LogP contribution < -0.4 is 4.90 Å². The van der Waals surface area contributed by atoms with Crippen LogP contribution in [0.1, 0.15) is 19.4 Å². The zero-order valence-corrected chi connectivity index (χ0v) is 10.5. The molecule has 0 radical (unpaired) electrons. The Balaban J connectivity index is 2.31. The lowest BCUT2D eigenvalue weighted by molar-refractivity contribution is 0.0786. The molecule has 1 aliphatic heterocycles. The van der Waals surface area contributed by atoms with E-state index in [0.717, 1.165) is 17.8 Å². The summed E-state index contributed by atoms with van der Waals surface area (Å²) in [4.78, 5) is 15.3. The number of urea groups is 1. The van der Waals surface area contributed by atoms with Crippen LogP contribution in [0.2, 0.25) is 0 Å². The number of nitrogens with zero attached hydrogens (tertiary/aromatic N) is 2. The highest BCUT2D eigenvalue weighted by Gasteiger charge is 2.27. The summed E-state index contributed by atoms with van der Waals surface area (Å²) in [5.74, 6) is 0. The molecule has 0 saturated carbocycles. The van der Waals surface area contributed by atoms with Crippen molar-refractivity contribution in [1.82, 2.24) is 4.90 Å². The van der Waals surface area contributed by atoms with E-state index < -0.39 is 5.60 Å². The van der Waals surface area contributed by atoms with Crippen molar-refractivity contribution in [1.29, 1.82) is 0 Å². The zero-order chi connectivity index (χ0) is 12.6. The Hall–Kier alpha value is -1.55. The number of hydrogen-bond donors (Lipinski definition) is 1. The van der Waals surface area contributed by atoms with E-state index in [1.54, 1.807) is 30.7 Å². The molecule has 1 N–H and O–H groups in total. The second kappa shape index (κ2) is 4.04. The standard InChI is InChI=1S/C13H18N2O2/c1-13(2,17)10-5-4-6-11(9-10)15-8-7-14(3)12(15)16/h4-6,9,17H,7-8H2,1-3H3. The molecule has 1 fully saturated rings. The number of rotatable bonds is 2. The molecule has 0 aliphatic carbocycles. The van der Waals surface area contributed by atoms with Gasteiger partial charge in [-0.1, -0.05) is 12.1 Å². The Bertz CT molecular complexity index is 437. The third-order valence-corrected chi connectivity index (χ3v) is 3.08. The van der Waals surface area contributed by atoms with Crippen molar-refractivity contribution in [3.8, 4) is 0 Å². The van der Waals surface area contributed by atoms with E-state index >= 15 is 0 Å². The molecule has 2 rings (SSSR count). The highest BCUT2D eigenvalue weighted by molar-refractivity contribution is 5.94. The molecule has 1 saturated heterocycles. The van der Waals surface area contributed by atoms with Gasteiger partial charge in [0.25, 0.3) is 0 Å². The molecule has 1 aromatic rings. The minimum absolute atomic E-state index is 0.0119. The molecule has 1 aromatic carbocycles. The molecule has 1 aliphatic rings. The summed E-state index contributed by atoms with van der Waals surface area (Å²) in [6.07, 6.45) is 0. The average Bonchev–Trinajstić information content (AvgIpc) is 2.59. The predicted octanol–water partition coefficient (Wildman–Crippen LogP) is 1.79. The van der Waals surface area contributed by atoms with E-state index in [4.69, 9.17) is 0 Å². The maximum atomic E-state index is 11.9. The van der Waals surface area contributed by atoms with Gasteiger partial charge in [-0.15, -0.1) is 0 Å². The number of likely N-dealkylation sites (N-methyl/N-ethyl adjacent to an activating group) is 1. The summed E-state index contributed by atoms with van der Waals surface area (Å²) >= 11 is 0. The highest BCUT2D eigenvalue weighted by atomic mass is 16.3. The third-order valence-electron chi connectivity index (χ3n) is 3.08. The summed E-state index contributed by atoms with van der Waals surface area (Å²) in [5, 5.41) is 9.96. The van der Waals surface area contributed by atoms with Gasteiger partial charge < -0.3 is 10.0 Å². The van der Waals surface area contributed by atoms with Crippen molar-refractivity contribution < 1.29 is 9.90 Å². The van der Waals surface area contributed by atoms with Gasteiger partial charge in [0.05, 0.1) is 5.60 Å². The van der Waals surface area contributed by atoms with Crippen LogP contribution in [0.15, 0.2) is 24.3 Å². The SMILES string of the molecule is CN1CCN(c2cccc(C(C)(C)O)c2)C1=O. The lowest BCUT2D eigenvalue weighted by atomic mass is 9.98. The van der Waals surface area contributed by atoms with Crippen LogP contribution in [0, 0.1) is 0 Å². The first-order valence-corrected chi connectivity index (χ1v) is 5.75. The van der Waals surface area contributed by atoms with Gasteiger partial charge in [0.2, 0.25) is 0 Å². The van der Waals surface area contributed by atoms with Crippen molar-refractivity contribution in [2.45, 2.75) is 19.4 Å². The number of amides is 2. The molecule has 17 heavy (non-hydrogen) atoms. The second-order valence-corrected chi connectivity index (χ2v) is 4.97. The minimum atomic E-state index is -0.884. The first-order valence-electron chi connectivity index (χ1n) is 5.75. The Morgan fingerprint density at radius 1 is 1.29 bits per heavy atom.